The Balaban J connectivity index is 0.00000182. The van der Waals surface area contributed by atoms with Gasteiger partial charge in [-0.15, -0.1) is 12.4 Å². The second kappa shape index (κ2) is 9.08. The van der Waals surface area contributed by atoms with E-state index in [9.17, 15) is 0 Å². The van der Waals surface area contributed by atoms with Crippen molar-refractivity contribution < 1.29 is 14.2 Å². The number of benzene rings is 1. The Labute approximate surface area is 156 Å². The molecule has 1 saturated carbocycles. The van der Waals surface area contributed by atoms with E-state index in [4.69, 9.17) is 14.2 Å². The molecule has 0 bridgehead atoms. The number of fused-ring (bicyclic) bond motifs is 1. The SMILES string of the molecule is Cl.c1cc2c(cc1CNC1CCCC1C1COCCN1)OCCCO2. The largest absolute Gasteiger partial charge is 0.490 e. The minimum Gasteiger partial charge on any atom is -0.490 e. The van der Waals surface area contributed by atoms with Crippen LogP contribution in [0.1, 0.15) is 31.2 Å². The van der Waals surface area contributed by atoms with Gasteiger partial charge in [-0.2, -0.15) is 0 Å². The quantitative estimate of drug-likeness (QED) is 0.855. The number of ether oxygens (including phenoxy) is 3. The number of hydrogen-bond acceptors (Lipinski definition) is 5. The van der Waals surface area contributed by atoms with E-state index in [0.717, 1.165) is 57.4 Å². The lowest BCUT2D eigenvalue weighted by atomic mass is 9.94. The summed E-state index contributed by atoms with van der Waals surface area (Å²) in [7, 11) is 0. The smallest absolute Gasteiger partial charge is 0.161 e. The zero-order valence-corrected chi connectivity index (χ0v) is 15.5. The molecule has 6 heteroatoms. The van der Waals surface area contributed by atoms with Gasteiger partial charge >= 0.3 is 0 Å². The van der Waals surface area contributed by atoms with Crippen LogP contribution in [0.3, 0.4) is 0 Å². The molecule has 2 heterocycles. The van der Waals surface area contributed by atoms with Gasteiger partial charge in [0, 0.05) is 31.6 Å². The van der Waals surface area contributed by atoms with Crippen LogP contribution in [0.15, 0.2) is 18.2 Å². The second-order valence-corrected chi connectivity index (χ2v) is 7.05. The summed E-state index contributed by atoms with van der Waals surface area (Å²) in [4.78, 5) is 0. The molecule has 0 radical (unpaired) electrons. The van der Waals surface area contributed by atoms with Crippen LogP contribution in [0.5, 0.6) is 11.5 Å². The van der Waals surface area contributed by atoms with Gasteiger partial charge in [-0.3, -0.25) is 0 Å². The van der Waals surface area contributed by atoms with Crippen molar-refractivity contribution in [2.45, 2.75) is 44.3 Å². The fourth-order valence-electron chi connectivity index (χ4n) is 4.15. The van der Waals surface area contributed by atoms with E-state index in [2.05, 4.69) is 22.8 Å². The molecule has 0 amide bonds. The Bertz CT molecular complexity index is 551. The maximum atomic E-state index is 5.80. The predicted molar refractivity (Wildman–Crippen MR) is 99.9 cm³/mol. The maximum absolute atomic E-state index is 5.80. The van der Waals surface area contributed by atoms with Crippen LogP contribution in [0.25, 0.3) is 0 Å². The van der Waals surface area contributed by atoms with Crippen molar-refractivity contribution in [3.05, 3.63) is 23.8 Å². The Morgan fingerprint density at radius 2 is 1.92 bits per heavy atom. The van der Waals surface area contributed by atoms with E-state index in [1.807, 2.05) is 6.07 Å². The molecule has 0 aromatic heterocycles. The minimum absolute atomic E-state index is 0. The standard InChI is InChI=1S/C19H28N2O3.ClH/c1-3-15(17-13-22-10-7-20-17)16(4-1)21-12-14-5-6-18-19(11-14)24-9-2-8-23-18;/h5-6,11,15-17,20-21H,1-4,7-10,12-13H2;1H. The van der Waals surface area contributed by atoms with E-state index in [0.29, 0.717) is 18.0 Å². The van der Waals surface area contributed by atoms with Gasteiger partial charge in [0.2, 0.25) is 0 Å². The van der Waals surface area contributed by atoms with Gasteiger partial charge in [0.15, 0.2) is 11.5 Å². The summed E-state index contributed by atoms with van der Waals surface area (Å²) in [5.41, 5.74) is 1.26. The summed E-state index contributed by atoms with van der Waals surface area (Å²) in [6.07, 6.45) is 4.80. The molecule has 1 aromatic rings. The molecule has 2 aliphatic heterocycles. The lowest BCUT2D eigenvalue weighted by Crippen LogP contribution is -2.50. The summed E-state index contributed by atoms with van der Waals surface area (Å²) in [5, 5.41) is 7.41. The molecule has 5 nitrogen and oxygen atoms in total. The van der Waals surface area contributed by atoms with Crippen molar-refractivity contribution in [1.29, 1.82) is 0 Å². The number of halogens is 1. The Kier molecular flexibility index (Phi) is 6.82. The first-order valence-corrected chi connectivity index (χ1v) is 9.33. The van der Waals surface area contributed by atoms with Crippen LogP contribution in [0.2, 0.25) is 0 Å². The second-order valence-electron chi connectivity index (χ2n) is 7.05. The highest BCUT2D eigenvalue weighted by Crippen LogP contribution is 2.32. The first kappa shape index (κ1) is 18.8. The van der Waals surface area contributed by atoms with Crippen LogP contribution < -0.4 is 20.1 Å². The fraction of sp³-hybridized carbons (Fsp3) is 0.684. The van der Waals surface area contributed by atoms with Gasteiger partial charge in [-0.1, -0.05) is 12.5 Å². The van der Waals surface area contributed by atoms with Crippen molar-refractivity contribution >= 4 is 12.4 Å². The first-order chi connectivity index (χ1) is 11.9. The molecule has 1 aliphatic carbocycles. The zero-order valence-electron chi connectivity index (χ0n) is 14.7. The fourth-order valence-corrected chi connectivity index (χ4v) is 4.15. The molecule has 140 valence electrons. The van der Waals surface area contributed by atoms with E-state index in [1.54, 1.807) is 0 Å². The van der Waals surface area contributed by atoms with E-state index in [1.165, 1.54) is 24.8 Å². The van der Waals surface area contributed by atoms with Gasteiger partial charge in [0.25, 0.3) is 0 Å². The molecular weight excluding hydrogens is 340 g/mol. The van der Waals surface area contributed by atoms with Crippen LogP contribution in [-0.2, 0) is 11.3 Å². The van der Waals surface area contributed by atoms with Crippen LogP contribution >= 0.6 is 12.4 Å². The van der Waals surface area contributed by atoms with E-state index in [-0.39, 0.29) is 12.4 Å². The molecule has 3 unspecified atom stereocenters. The molecule has 4 rings (SSSR count). The van der Waals surface area contributed by atoms with E-state index >= 15 is 0 Å². The molecule has 2 fully saturated rings. The Morgan fingerprint density at radius 1 is 1.04 bits per heavy atom. The summed E-state index contributed by atoms with van der Waals surface area (Å²) in [6.45, 7) is 5.04. The van der Waals surface area contributed by atoms with Crippen molar-refractivity contribution in [2.75, 3.05) is 33.0 Å². The summed E-state index contributed by atoms with van der Waals surface area (Å²) in [6, 6.07) is 7.38. The number of morpholine rings is 1. The van der Waals surface area contributed by atoms with Crippen molar-refractivity contribution in [3.63, 3.8) is 0 Å². The highest BCUT2D eigenvalue weighted by molar-refractivity contribution is 5.85. The van der Waals surface area contributed by atoms with Crippen molar-refractivity contribution in [2.24, 2.45) is 5.92 Å². The maximum Gasteiger partial charge on any atom is 0.161 e. The molecule has 3 atom stereocenters. The first-order valence-electron chi connectivity index (χ1n) is 9.33. The van der Waals surface area contributed by atoms with Gasteiger partial charge in [-0.25, -0.2) is 0 Å². The number of rotatable bonds is 4. The Morgan fingerprint density at radius 3 is 2.76 bits per heavy atom. The van der Waals surface area contributed by atoms with E-state index < -0.39 is 0 Å². The summed E-state index contributed by atoms with van der Waals surface area (Å²) >= 11 is 0. The average molecular weight is 369 g/mol. The van der Waals surface area contributed by atoms with Gasteiger partial charge in [0.05, 0.1) is 26.4 Å². The van der Waals surface area contributed by atoms with Gasteiger partial charge in [0.1, 0.15) is 0 Å². The molecule has 1 saturated heterocycles. The van der Waals surface area contributed by atoms with Crippen LogP contribution in [-0.4, -0.2) is 45.1 Å². The highest BCUT2D eigenvalue weighted by Gasteiger charge is 2.34. The molecule has 3 aliphatic rings. The number of nitrogens with one attached hydrogen (secondary N) is 2. The highest BCUT2D eigenvalue weighted by atomic mass is 35.5. The predicted octanol–water partition coefficient (Wildman–Crippen LogP) is 2.52. The minimum atomic E-state index is 0. The average Bonchev–Trinajstić information content (AvgIpc) is 2.98. The van der Waals surface area contributed by atoms with Crippen LogP contribution in [0.4, 0.5) is 0 Å². The molecule has 1 aromatic carbocycles. The normalized spacial score (nSPS) is 28.9. The topological polar surface area (TPSA) is 51.8 Å². The third-order valence-corrected chi connectivity index (χ3v) is 5.42. The van der Waals surface area contributed by atoms with Crippen molar-refractivity contribution in [3.8, 4) is 11.5 Å². The van der Waals surface area contributed by atoms with Crippen LogP contribution in [0, 0.1) is 5.92 Å². The van der Waals surface area contributed by atoms with Crippen molar-refractivity contribution in [1.82, 2.24) is 10.6 Å². The summed E-state index contributed by atoms with van der Waals surface area (Å²) < 4.78 is 17.2. The third-order valence-electron chi connectivity index (χ3n) is 5.42. The lowest BCUT2D eigenvalue weighted by Gasteiger charge is -2.33. The molecule has 25 heavy (non-hydrogen) atoms. The number of hydrogen-bond donors (Lipinski definition) is 2. The molecular formula is C19H29ClN2O3. The monoisotopic (exact) mass is 368 g/mol. The summed E-state index contributed by atoms with van der Waals surface area (Å²) in [5.74, 6) is 2.43. The molecule has 2 N–H and O–H groups in total. The van der Waals surface area contributed by atoms with Gasteiger partial charge in [-0.05, 0) is 36.5 Å². The molecule has 0 spiro atoms. The van der Waals surface area contributed by atoms with Gasteiger partial charge < -0.3 is 24.8 Å². The third kappa shape index (κ3) is 4.59. The zero-order chi connectivity index (χ0) is 16.2. The lowest BCUT2D eigenvalue weighted by molar-refractivity contribution is 0.0524. The Hall–Kier alpha value is -1.01.